The summed E-state index contributed by atoms with van der Waals surface area (Å²) in [5.74, 6) is 1.59. The maximum Gasteiger partial charge on any atom is 0.231 e. The summed E-state index contributed by atoms with van der Waals surface area (Å²) in [6.07, 6.45) is 6.34. The molecule has 72 valence electrons. The zero-order valence-electron chi connectivity index (χ0n) is 8.04. The highest BCUT2D eigenvalue weighted by molar-refractivity contribution is 5.31. The fraction of sp³-hybridized carbons (Fsp3) is 0.400. The highest BCUT2D eigenvalue weighted by Gasteiger charge is 2.16. The van der Waals surface area contributed by atoms with E-state index in [0.717, 1.165) is 23.6 Å². The largest absolute Gasteiger partial charge is 0.454 e. The minimum atomic E-state index is 0.325. The lowest BCUT2D eigenvalue weighted by molar-refractivity contribution is 0.0974. The SMILES string of the molecule is CC.NC1=CC=C2OCOC2=CC1. The zero-order chi connectivity index (χ0) is 9.68. The normalized spacial score (nSPS) is 18.8. The predicted molar refractivity (Wildman–Crippen MR) is 51.4 cm³/mol. The second-order valence-electron chi connectivity index (χ2n) is 2.45. The van der Waals surface area contributed by atoms with E-state index < -0.39 is 0 Å². The molecule has 0 unspecified atom stereocenters. The predicted octanol–water partition coefficient (Wildman–Crippen LogP) is 2.03. The van der Waals surface area contributed by atoms with Crippen molar-refractivity contribution < 1.29 is 9.47 Å². The van der Waals surface area contributed by atoms with Crippen LogP contribution < -0.4 is 5.73 Å². The molecule has 0 aromatic heterocycles. The molecule has 0 aromatic carbocycles. The van der Waals surface area contributed by atoms with Crippen LogP contribution >= 0.6 is 0 Å². The van der Waals surface area contributed by atoms with Gasteiger partial charge in [-0.15, -0.1) is 0 Å². The number of nitrogens with two attached hydrogens (primary N) is 1. The minimum Gasteiger partial charge on any atom is -0.454 e. The third-order valence-electron chi connectivity index (χ3n) is 1.64. The highest BCUT2D eigenvalue weighted by atomic mass is 16.7. The van der Waals surface area contributed by atoms with Crippen LogP contribution in [0.1, 0.15) is 20.3 Å². The van der Waals surface area contributed by atoms with Crippen LogP contribution in [0.4, 0.5) is 0 Å². The smallest absolute Gasteiger partial charge is 0.231 e. The van der Waals surface area contributed by atoms with Crippen molar-refractivity contribution in [3.05, 3.63) is 35.4 Å². The van der Waals surface area contributed by atoms with Crippen molar-refractivity contribution in [2.75, 3.05) is 6.79 Å². The first-order chi connectivity index (χ1) is 6.36. The number of ether oxygens (including phenoxy) is 2. The Balaban J connectivity index is 0.000000396. The van der Waals surface area contributed by atoms with Crippen molar-refractivity contribution in [3.63, 3.8) is 0 Å². The molecular weight excluding hydrogens is 166 g/mol. The Kier molecular flexibility index (Phi) is 3.43. The van der Waals surface area contributed by atoms with Crippen LogP contribution in [0.5, 0.6) is 0 Å². The van der Waals surface area contributed by atoms with Gasteiger partial charge in [-0.2, -0.15) is 0 Å². The second kappa shape index (κ2) is 4.60. The molecule has 0 atom stereocenters. The Bertz CT molecular complexity index is 264. The molecule has 0 radical (unpaired) electrons. The molecule has 0 spiro atoms. The number of allylic oxidation sites excluding steroid dienone is 3. The molecular formula is C10H15NO2. The van der Waals surface area contributed by atoms with Crippen LogP contribution in [0.3, 0.4) is 0 Å². The van der Waals surface area contributed by atoms with Crippen molar-refractivity contribution in [1.82, 2.24) is 0 Å². The molecule has 13 heavy (non-hydrogen) atoms. The number of hydrogen-bond acceptors (Lipinski definition) is 3. The standard InChI is InChI=1S/C8H9NO2.C2H6/c9-6-1-3-7-8(4-2-6)11-5-10-7;1-2/h1,3-4H,2,5,9H2;1-2H3. The Labute approximate surface area is 78.5 Å². The van der Waals surface area contributed by atoms with E-state index >= 15 is 0 Å². The Morgan fingerprint density at radius 3 is 2.62 bits per heavy atom. The van der Waals surface area contributed by atoms with Crippen LogP contribution in [0.15, 0.2) is 35.4 Å². The second-order valence-corrected chi connectivity index (χ2v) is 2.45. The lowest BCUT2D eigenvalue weighted by Gasteiger charge is -1.92. The lowest BCUT2D eigenvalue weighted by Crippen LogP contribution is -1.93. The van der Waals surface area contributed by atoms with Crippen LogP contribution in [0.25, 0.3) is 0 Å². The Morgan fingerprint density at radius 2 is 1.85 bits per heavy atom. The molecule has 0 aromatic rings. The van der Waals surface area contributed by atoms with Gasteiger partial charge in [0.2, 0.25) is 6.79 Å². The summed E-state index contributed by atoms with van der Waals surface area (Å²) in [6.45, 7) is 4.32. The minimum absolute atomic E-state index is 0.325. The quantitative estimate of drug-likeness (QED) is 0.622. The molecule has 0 bridgehead atoms. The average Bonchev–Trinajstić information content (AvgIpc) is 2.56. The van der Waals surface area contributed by atoms with E-state index in [2.05, 4.69) is 0 Å². The average molecular weight is 181 g/mol. The Hall–Kier alpha value is -1.38. The van der Waals surface area contributed by atoms with Crippen molar-refractivity contribution in [2.45, 2.75) is 20.3 Å². The summed E-state index contributed by atoms with van der Waals surface area (Å²) in [4.78, 5) is 0. The third kappa shape index (κ3) is 2.28. The van der Waals surface area contributed by atoms with Gasteiger partial charge >= 0.3 is 0 Å². The molecule has 3 nitrogen and oxygen atoms in total. The fourth-order valence-corrected chi connectivity index (χ4v) is 1.05. The summed E-state index contributed by atoms with van der Waals surface area (Å²) in [7, 11) is 0. The summed E-state index contributed by atoms with van der Waals surface area (Å²) in [5.41, 5.74) is 6.42. The van der Waals surface area contributed by atoms with E-state index in [9.17, 15) is 0 Å². The number of hydrogen-bond donors (Lipinski definition) is 1. The van der Waals surface area contributed by atoms with Gasteiger partial charge in [-0.25, -0.2) is 0 Å². The molecule has 1 fully saturated rings. The number of rotatable bonds is 0. The first-order valence-electron chi connectivity index (χ1n) is 4.49. The van der Waals surface area contributed by atoms with Gasteiger partial charge in [0, 0.05) is 12.1 Å². The summed E-state index contributed by atoms with van der Waals surface area (Å²) in [6, 6.07) is 0. The first-order valence-corrected chi connectivity index (χ1v) is 4.49. The third-order valence-corrected chi connectivity index (χ3v) is 1.64. The van der Waals surface area contributed by atoms with Crippen molar-refractivity contribution in [3.8, 4) is 0 Å². The first kappa shape index (κ1) is 9.71. The van der Waals surface area contributed by atoms with Crippen LogP contribution in [0, 0.1) is 0 Å². The molecule has 1 heterocycles. The monoisotopic (exact) mass is 181 g/mol. The van der Waals surface area contributed by atoms with Gasteiger partial charge in [-0.1, -0.05) is 13.8 Å². The van der Waals surface area contributed by atoms with Crippen LogP contribution in [-0.2, 0) is 9.47 Å². The Morgan fingerprint density at radius 1 is 1.15 bits per heavy atom. The molecule has 0 saturated carbocycles. The summed E-state index contributed by atoms with van der Waals surface area (Å²) in [5, 5.41) is 0. The van der Waals surface area contributed by atoms with Crippen molar-refractivity contribution >= 4 is 0 Å². The highest BCUT2D eigenvalue weighted by Crippen LogP contribution is 2.23. The molecule has 2 rings (SSSR count). The lowest BCUT2D eigenvalue weighted by atomic mass is 10.3. The van der Waals surface area contributed by atoms with Gasteiger partial charge in [0.15, 0.2) is 11.5 Å². The van der Waals surface area contributed by atoms with Gasteiger partial charge in [0.05, 0.1) is 0 Å². The topological polar surface area (TPSA) is 44.5 Å². The van der Waals surface area contributed by atoms with E-state index in [1.807, 2.05) is 32.1 Å². The maximum absolute atomic E-state index is 5.60. The van der Waals surface area contributed by atoms with Crippen molar-refractivity contribution in [1.29, 1.82) is 0 Å². The molecule has 2 N–H and O–H groups in total. The maximum atomic E-state index is 5.60. The van der Waals surface area contributed by atoms with E-state index in [1.54, 1.807) is 0 Å². The molecule has 1 saturated heterocycles. The van der Waals surface area contributed by atoms with E-state index in [4.69, 9.17) is 15.2 Å². The number of fused-ring (bicyclic) bond motifs is 1. The van der Waals surface area contributed by atoms with Gasteiger partial charge in [-0.05, 0) is 18.2 Å². The van der Waals surface area contributed by atoms with Crippen LogP contribution in [0.2, 0.25) is 0 Å². The molecule has 0 amide bonds. The van der Waals surface area contributed by atoms with Gasteiger partial charge in [-0.3, -0.25) is 0 Å². The van der Waals surface area contributed by atoms with Gasteiger partial charge in [0.25, 0.3) is 0 Å². The molecule has 2 aliphatic rings. The van der Waals surface area contributed by atoms with Gasteiger partial charge < -0.3 is 15.2 Å². The van der Waals surface area contributed by atoms with E-state index in [1.165, 1.54) is 0 Å². The summed E-state index contributed by atoms with van der Waals surface area (Å²) >= 11 is 0. The van der Waals surface area contributed by atoms with Gasteiger partial charge in [0.1, 0.15) is 0 Å². The van der Waals surface area contributed by atoms with Crippen molar-refractivity contribution in [2.24, 2.45) is 5.73 Å². The molecule has 1 aliphatic heterocycles. The molecule has 3 heteroatoms. The fourth-order valence-electron chi connectivity index (χ4n) is 1.05. The van der Waals surface area contributed by atoms with E-state index in [0.29, 0.717) is 6.79 Å². The summed E-state index contributed by atoms with van der Waals surface area (Å²) < 4.78 is 10.3. The van der Waals surface area contributed by atoms with Crippen LogP contribution in [-0.4, -0.2) is 6.79 Å². The molecule has 1 aliphatic carbocycles. The zero-order valence-corrected chi connectivity index (χ0v) is 8.04. The van der Waals surface area contributed by atoms with E-state index in [-0.39, 0.29) is 0 Å².